The van der Waals surface area contributed by atoms with Crippen LogP contribution in [0.1, 0.15) is 17.5 Å². The van der Waals surface area contributed by atoms with Crippen LogP contribution in [0, 0.1) is 0 Å². The summed E-state index contributed by atoms with van der Waals surface area (Å²) in [6.45, 7) is 0. The molecule has 6 heteroatoms. The number of pyridine rings is 1. The number of ether oxygens (including phenoxy) is 1. The lowest BCUT2D eigenvalue weighted by atomic mass is 10.1. The molecule has 21 heavy (non-hydrogen) atoms. The molecular weight excluding hydrogens is 268 g/mol. The van der Waals surface area contributed by atoms with Crippen molar-refractivity contribution in [2.45, 2.75) is 6.10 Å². The van der Waals surface area contributed by atoms with Gasteiger partial charge >= 0.3 is 0 Å². The Morgan fingerprint density at radius 3 is 2.71 bits per heavy atom. The van der Waals surface area contributed by atoms with E-state index in [4.69, 9.17) is 15.0 Å². The van der Waals surface area contributed by atoms with Gasteiger partial charge in [0.15, 0.2) is 0 Å². The van der Waals surface area contributed by atoms with Crippen LogP contribution in [0.2, 0.25) is 0 Å². The number of hydrogen-bond donors (Lipinski definition) is 1. The largest absolute Gasteiger partial charge is 0.384 e. The molecule has 6 nitrogen and oxygen atoms in total. The molecule has 0 saturated heterocycles. The van der Waals surface area contributed by atoms with E-state index in [1.807, 2.05) is 30.3 Å². The summed E-state index contributed by atoms with van der Waals surface area (Å²) in [5, 5.41) is 4.00. The number of aromatic nitrogens is 3. The van der Waals surface area contributed by atoms with Gasteiger partial charge in [-0.3, -0.25) is 0 Å². The van der Waals surface area contributed by atoms with Gasteiger partial charge in [-0.15, -0.1) is 0 Å². The molecule has 1 aromatic carbocycles. The summed E-state index contributed by atoms with van der Waals surface area (Å²) in [4.78, 5) is 8.32. The predicted octanol–water partition coefficient (Wildman–Crippen LogP) is 2.45. The molecule has 0 radical (unpaired) electrons. The van der Waals surface area contributed by atoms with Gasteiger partial charge in [0.1, 0.15) is 11.9 Å². The fourth-order valence-corrected chi connectivity index (χ4v) is 2.06. The highest BCUT2D eigenvalue weighted by molar-refractivity contribution is 5.56. The highest BCUT2D eigenvalue weighted by Crippen LogP contribution is 2.25. The Hall–Kier alpha value is -2.73. The molecule has 0 bridgehead atoms. The van der Waals surface area contributed by atoms with Crippen molar-refractivity contribution < 1.29 is 9.26 Å². The quantitative estimate of drug-likeness (QED) is 0.790. The number of hydrogen-bond acceptors (Lipinski definition) is 6. The van der Waals surface area contributed by atoms with Gasteiger partial charge in [0.05, 0.1) is 0 Å². The van der Waals surface area contributed by atoms with Crippen molar-refractivity contribution in [1.29, 1.82) is 0 Å². The van der Waals surface area contributed by atoms with Crippen molar-refractivity contribution in [2.75, 3.05) is 12.8 Å². The van der Waals surface area contributed by atoms with E-state index in [0.29, 0.717) is 17.5 Å². The molecule has 2 aromatic heterocycles. The lowest BCUT2D eigenvalue weighted by molar-refractivity contribution is 0.126. The van der Waals surface area contributed by atoms with Crippen LogP contribution in [0.25, 0.3) is 11.5 Å². The third-order valence-electron chi connectivity index (χ3n) is 3.04. The second-order valence-corrected chi connectivity index (χ2v) is 4.45. The molecule has 0 aliphatic carbocycles. The molecule has 3 rings (SSSR count). The Balaban J connectivity index is 1.94. The van der Waals surface area contributed by atoms with Crippen LogP contribution in [-0.4, -0.2) is 22.2 Å². The smallest absolute Gasteiger partial charge is 0.258 e. The van der Waals surface area contributed by atoms with E-state index in [0.717, 1.165) is 11.1 Å². The molecule has 0 aliphatic rings. The standard InChI is InChI=1S/C15H14N4O2/c1-20-13(10-5-3-2-4-6-10)14-18-15(21-19-14)11-7-8-17-12(16)9-11/h2-9,13H,1H3,(H2,16,17). The minimum absolute atomic E-state index is 0.372. The van der Waals surface area contributed by atoms with E-state index in [9.17, 15) is 0 Å². The Morgan fingerprint density at radius 2 is 2.00 bits per heavy atom. The first-order valence-corrected chi connectivity index (χ1v) is 6.41. The van der Waals surface area contributed by atoms with E-state index in [-0.39, 0.29) is 6.10 Å². The molecule has 2 heterocycles. The molecule has 0 aliphatic heterocycles. The molecule has 0 amide bonds. The number of benzene rings is 1. The summed E-state index contributed by atoms with van der Waals surface area (Å²) in [5.41, 5.74) is 7.34. The normalized spacial score (nSPS) is 12.2. The topological polar surface area (TPSA) is 87.1 Å². The van der Waals surface area contributed by atoms with Crippen LogP contribution >= 0.6 is 0 Å². The van der Waals surface area contributed by atoms with Gasteiger partial charge in [-0.2, -0.15) is 4.98 Å². The summed E-state index contributed by atoms with van der Waals surface area (Å²) in [5.74, 6) is 1.25. The van der Waals surface area contributed by atoms with Crippen LogP contribution < -0.4 is 5.73 Å². The fraction of sp³-hybridized carbons (Fsp3) is 0.133. The number of rotatable bonds is 4. The van der Waals surface area contributed by atoms with E-state index in [1.54, 1.807) is 25.4 Å². The maximum absolute atomic E-state index is 5.65. The molecule has 3 aromatic rings. The maximum Gasteiger partial charge on any atom is 0.258 e. The van der Waals surface area contributed by atoms with Gasteiger partial charge in [0.2, 0.25) is 5.82 Å². The van der Waals surface area contributed by atoms with E-state index in [2.05, 4.69) is 15.1 Å². The molecule has 1 unspecified atom stereocenters. The zero-order valence-corrected chi connectivity index (χ0v) is 11.4. The first-order valence-electron chi connectivity index (χ1n) is 6.41. The Bertz CT molecular complexity index is 727. The highest BCUT2D eigenvalue weighted by atomic mass is 16.5. The first kappa shape index (κ1) is 13.3. The van der Waals surface area contributed by atoms with Crippen molar-refractivity contribution in [3.8, 4) is 11.5 Å². The van der Waals surface area contributed by atoms with Crippen molar-refractivity contribution in [3.63, 3.8) is 0 Å². The number of anilines is 1. The van der Waals surface area contributed by atoms with Crippen molar-refractivity contribution in [3.05, 3.63) is 60.0 Å². The van der Waals surface area contributed by atoms with Gasteiger partial charge < -0.3 is 15.0 Å². The van der Waals surface area contributed by atoms with Crippen LogP contribution in [0.5, 0.6) is 0 Å². The molecule has 0 fully saturated rings. The predicted molar refractivity (Wildman–Crippen MR) is 77.2 cm³/mol. The highest BCUT2D eigenvalue weighted by Gasteiger charge is 2.20. The van der Waals surface area contributed by atoms with Crippen molar-refractivity contribution >= 4 is 5.82 Å². The third-order valence-corrected chi connectivity index (χ3v) is 3.04. The lowest BCUT2D eigenvalue weighted by Gasteiger charge is -2.10. The third kappa shape index (κ3) is 2.75. The van der Waals surface area contributed by atoms with E-state index in [1.165, 1.54) is 0 Å². The molecule has 1 atom stereocenters. The minimum Gasteiger partial charge on any atom is -0.384 e. The summed E-state index contributed by atoms with van der Waals surface area (Å²) < 4.78 is 10.8. The number of nitrogens with two attached hydrogens (primary N) is 1. The number of nitrogen functional groups attached to an aromatic ring is 1. The Morgan fingerprint density at radius 1 is 1.19 bits per heavy atom. The first-order chi connectivity index (χ1) is 10.3. The van der Waals surface area contributed by atoms with Crippen molar-refractivity contribution in [2.24, 2.45) is 0 Å². The lowest BCUT2D eigenvalue weighted by Crippen LogP contribution is -2.05. The average Bonchev–Trinajstić information content (AvgIpc) is 2.99. The van der Waals surface area contributed by atoms with E-state index < -0.39 is 0 Å². The van der Waals surface area contributed by atoms with Gasteiger partial charge in [-0.05, 0) is 17.7 Å². The second kappa shape index (κ2) is 5.72. The molecule has 0 spiro atoms. The zero-order chi connectivity index (χ0) is 14.7. The van der Waals surface area contributed by atoms with Gasteiger partial charge in [0.25, 0.3) is 5.89 Å². The van der Waals surface area contributed by atoms with E-state index >= 15 is 0 Å². The monoisotopic (exact) mass is 282 g/mol. The molecular formula is C15H14N4O2. The minimum atomic E-state index is -0.372. The number of nitrogens with zero attached hydrogens (tertiary/aromatic N) is 3. The van der Waals surface area contributed by atoms with Gasteiger partial charge in [-0.1, -0.05) is 35.5 Å². The average molecular weight is 282 g/mol. The summed E-state index contributed by atoms with van der Waals surface area (Å²) in [6.07, 6.45) is 1.22. The zero-order valence-electron chi connectivity index (χ0n) is 11.4. The molecule has 2 N–H and O–H groups in total. The Kier molecular flexibility index (Phi) is 3.61. The van der Waals surface area contributed by atoms with Crippen LogP contribution in [0.15, 0.2) is 53.2 Å². The summed E-state index contributed by atoms with van der Waals surface area (Å²) in [6, 6.07) is 13.2. The van der Waals surface area contributed by atoms with Crippen LogP contribution in [0.4, 0.5) is 5.82 Å². The summed E-state index contributed by atoms with van der Waals surface area (Å²) in [7, 11) is 1.61. The Labute approximate surface area is 121 Å². The summed E-state index contributed by atoms with van der Waals surface area (Å²) >= 11 is 0. The van der Waals surface area contributed by atoms with Crippen LogP contribution in [-0.2, 0) is 4.74 Å². The number of methoxy groups -OCH3 is 1. The molecule has 0 saturated carbocycles. The van der Waals surface area contributed by atoms with Gasteiger partial charge in [0, 0.05) is 18.9 Å². The fourth-order valence-electron chi connectivity index (χ4n) is 2.06. The maximum atomic E-state index is 5.65. The van der Waals surface area contributed by atoms with Crippen LogP contribution in [0.3, 0.4) is 0 Å². The molecule has 106 valence electrons. The second-order valence-electron chi connectivity index (χ2n) is 4.45. The SMILES string of the molecule is COC(c1ccccc1)c1noc(-c2ccnc(N)c2)n1. The van der Waals surface area contributed by atoms with Crippen molar-refractivity contribution in [1.82, 2.24) is 15.1 Å². The van der Waals surface area contributed by atoms with Gasteiger partial charge in [-0.25, -0.2) is 4.98 Å².